The molecule has 0 aliphatic rings. The number of hydrogen-bond acceptors (Lipinski definition) is 2. The number of nitrogens with one attached hydrogen (secondary N) is 1. The van der Waals surface area contributed by atoms with Crippen molar-refractivity contribution >= 4 is 16.8 Å². The molecule has 2 nitrogen and oxygen atoms in total. The Labute approximate surface area is 82.9 Å². The summed E-state index contributed by atoms with van der Waals surface area (Å²) in [4.78, 5) is 10.7. The monoisotopic (exact) mass is 197 g/mol. The standard InChI is InChI=1S/C10H12ClNO/c1-8(10(11)13)12-7-9-5-3-2-4-6-9/h2-6,8,12H,7H2,1H3/t8-/m1/s1. The Morgan fingerprint density at radius 3 is 2.62 bits per heavy atom. The van der Waals surface area contributed by atoms with E-state index in [0.29, 0.717) is 6.54 Å². The van der Waals surface area contributed by atoms with Crippen LogP contribution in [0.4, 0.5) is 0 Å². The quantitative estimate of drug-likeness (QED) is 0.748. The van der Waals surface area contributed by atoms with Gasteiger partial charge in [0, 0.05) is 6.54 Å². The Hall–Kier alpha value is -0.860. The van der Waals surface area contributed by atoms with Crippen LogP contribution < -0.4 is 5.32 Å². The van der Waals surface area contributed by atoms with Crippen molar-refractivity contribution < 1.29 is 4.79 Å². The molecule has 0 aromatic heterocycles. The van der Waals surface area contributed by atoms with Crippen LogP contribution in [0.15, 0.2) is 30.3 Å². The second-order valence-corrected chi connectivity index (χ2v) is 3.26. The van der Waals surface area contributed by atoms with Gasteiger partial charge >= 0.3 is 0 Å². The molecule has 70 valence electrons. The third-order valence-electron chi connectivity index (χ3n) is 1.80. The topological polar surface area (TPSA) is 29.1 Å². The Balaban J connectivity index is 2.39. The van der Waals surface area contributed by atoms with Crippen LogP contribution in [0.3, 0.4) is 0 Å². The molecular formula is C10H12ClNO. The molecule has 0 saturated heterocycles. The summed E-state index contributed by atoms with van der Waals surface area (Å²) < 4.78 is 0. The maximum atomic E-state index is 10.7. The molecule has 0 fully saturated rings. The van der Waals surface area contributed by atoms with Gasteiger partial charge in [0.05, 0.1) is 6.04 Å². The van der Waals surface area contributed by atoms with Crippen molar-refractivity contribution in [2.24, 2.45) is 0 Å². The normalized spacial score (nSPS) is 12.5. The van der Waals surface area contributed by atoms with E-state index in [-0.39, 0.29) is 11.3 Å². The molecule has 13 heavy (non-hydrogen) atoms. The third-order valence-corrected chi connectivity index (χ3v) is 2.12. The van der Waals surface area contributed by atoms with Crippen LogP contribution in [0.2, 0.25) is 0 Å². The lowest BCUT2D eigenvalue weighted by Crippen LogP contribution is -2.30. The number of halogens is 1. The summed E-state index contributed by atoms with van der Waals surface area (Å²) in [5.41, 5.74) is 1.15. The van der Waals surface area contributed by atoms with E-state index in [1.54, 1.807) is 6.92 Å². The molecule has 0 radical (unpaired) electrons. The van der Waals surface area contributed by atoms with E-state index in [9.17, 15) is 4.79 Å². The first-order chi connectivity index (χ1) is 6.20. The van der Waals surface area contributed by atoms with Gasteiger partial charge in [0.1, 0.15) is 0 Å². The second-order valence-electron chi connectivity index (χ2n) is 2.89. The Bertz CT molecular complexity index is 274. The maximum absolute atomic E-state index is 10.7. The fourth-order valence-corrected chi connectivity index (χ4v) is 1.02. The molecule has 0 bridgehead atoms. The van der Waals surface area contributed by atoms with Gasteiger partial charge in [-0.25, -0.2) is 0 Å². The zero-order chi connectivity index (χ0) is 9.68. The lowest BCUT2D eigenvalue weighted by molar-refractivity contribution is -0.113. The lowest BCUT2D eigenvalue weighted by atomic mass is 10.2. The minimum Gasteiger partial charge on any atom is -0.303 e. The summed E-state index contributed by atoms with van der Waals surface area (Å²) in [6.07, 6.45) is 0. The van der Waals surface area contributed by atoms with Gasteiger partial charge in [-0.3, -0.25) is 4.79 Å². The predicted octanol–water partition coefficient (Wildman–Crippen LogP) is 1.93. The summed E-state index contributed by atoms with van der Waals surface area (Å²) >= 11 is 5.29. The van der Waals surface area contributed by atoms with Crippen molar-refractivity contribution in [1.82, 2.24) is 5.32 Å². The number of rotatable bonds is 4. The molecule has 1 aromatic rings. The molecule has 0 spiro atoms. The molecule has 0 aliphatic heterocycles. The molecular weight excluding hydrogens is 186 g/mol. The van der Waals surface area contributed by atoms with Crippen molar-refractivity contribution in [3.05, 3.63) is 35.9 Å². The van der Waals surface area contributed by atoms with Gasteiger partial charge in [-0.15, -0.1) is 0 Å². The van der Waals surface area contributed by atoms with Crippen molar-refractivity contribution in [3.63, 3.8) is 0 Å². The highest BCUT2D eigenvalue weighted by molar-refractivity contribution is 6.64. The first-order valence-electron chi connectivity index (χ1n) is 4.17. The summed E-state index contributed by atoms with van der Waals surface area (Å²) in [5, 5.41) is 2.67. The zero-order valence-electron chi connectivity index (χ0n) is 7.46. The zero-order valence-corrected chi connectivity index (χ0v) is 8.21. The fraction of sp³-hybridized carbons (Fsp3) is 0.300. The second kappa shape index (κ2) is 5.00. The highest BCUT2D eigenvalue weighted by Crippen LogP contribution is 1.99. The van der Waals surface area contributed by atoms with Crippen LogP contribution in [-0.4, -0.2) is 11.3 Å². The molecule has 3 heteroatoms. The first-order valence-corrected chi connectivity index (χ1v) is 4.54. The van der Waals surface area contributed by atoms with E-state index in [1.807, 2.05) is 30.3 Å². The van der Waals surface area contributed by atoms with Gasteiger partial charge in [-0.1, -0.05) is 30.3 Å². The molecule has 0 heterocycles. The molecule has 0 saturated carbocycles. The van der Waals surface area contributed by atoms with E-state index < -0.39 is 0 Å². The molecule has 0 aliphatic carbocycles. The number of carbonyl (C=O) groups is 1. The first kappa shape index (κ1) is 10.2. The smallest absolute Gasteiger partial charge is 0.238 e. The van der Waals surface area contributed by atoms with E-state index in [2.05, 4.69) is 5.32 Å². The van der Waals surface area contributed by atoms with Crippen LogP contribution in [-0.2, 0) is 11.3 Å². The molecule has 0 unspecified atom stereocenters. The van der Waals surface area contributed by atoms with Gasteiger partial charge in [-0.2, -0.15) is 0 Å². The number of hydrogen-bond donors (Lipinski definition) is 1. The summed E-state index contributed by atoms with van der Waals surface area (Å²) in [5.74, 6) is 0. The lowest BCUT2D eigenvalue weighted by Gasteiger charge is -2.08. The molecule has 1 rings (SSSR count). The summed E-state index contributed by atoms with van der Waals surface area (Å²) in [7, 11) is 0. The van der Waals surface area contributed by atoms with Crippen LogP contribution in [0.25, 0.3) is 0 Å². The Morgan fingerprint density at radius 1 is 1.46 bits per heavy atom. The largest absolute Gasteiger partial charge is 0.303 e. The highest BCUT2D eigenvalue weighted by atomic mass is 35.5. The van der Waals surface area contributed by atoms with Crippen LogP contribution in [0.1, 0.15) is 12.5 Å². The molecule has 1 N–H and O–H groups in total. The average molecular weight is 198 g/mol. The van der Waals surface area contributed by atoms with Gasteiger partial charge in [-0.05, 0) is 24.1 Å². The van der Waals surface area contributed by atoms with Gasteiger partial charge in [0.2, 0.25) is 5.24 Å². The van der Waals surface area contributed by atoms with Crippen LogP contribution in [0.5, 0.6) is 0 Å². The predicted molar refractivity (Wildman–Crippen MR) is 53.6 cm³/mol. The highest BCUT2D eigenvalue weighted by Gasteiger charge is 2.07. The third kappa shape index (κ3) is 3.57. The van der Waals surface area contributed by atoms with Crippen molar-refractivity contribution in [1.29, 1.82) is 0 Å². The van der Waals surface area contributed by atoms with Crippen LogP contribution >= 0.6 is 11.6 Å². The van der Waals surface area contributed by atoms with Crippen LogP contribution in [0, 0.1) is 0 Å². The van der Waals surface area contributed by atoms with Crippen molar-refractivity contribution in [2.75, 3.05) is 0 Å². The number of benzene rings is 1. The van der Waals surface area contributed by atoms with E-state index in [1.165, 1.54) is 0 Å². The minimum atomic E-state index is -0.351. The van der Waals surface area contributed by atoms with Crippen molar-refractivity contribution in [3.8, 4) is 0 Å². The van der Waals surface area contributed by atoms with E-state index >= 15 is 0 Å². The number of carbonyl (C=O) groups excluding carboxylic acids is 1. The molecule has 1 aromatic carbocycles. The van der Waals surface area contributed by atoms with Gasteiger partial charge in [0.15, 0.2) is 0 Å². The van der Waals surface area contributed by atoms with Crippen molar-refractivity contribution in [2.45, 2.75) is 19.5 Å². The Kier molecular flexibility index (Phi) is 3.93. The average Bonchev–Trinajstić information content (AvgIpc) is 2.15. The maximum Gasteiger partial charge on any atom is 0.238 e. The van der Waals surface area contributed by atoms with E-state index in [0.717, 1.165) is 5.56 Å². The SMILES string of the molecule is C[C@@H](NCc1ccccc1)C(=O)Cl. The van der Waals surface area contributed by atoms with Gasteiger partial charge in [0.25, 0.3) is 0 Å². The Morgan fingerprint density at radius 2 is 2.08 bits per heavy atom. The summed E-state index contributed by atoms with van der Waals surface area (Å²) in [6, 6.07) is 9.59. The molecule has 1 atom stereocenters. The van der Waals surface area contributed by atoms with Gasteiger partial charge < -0.3 is 5.32 Å². The fourth-order valence-electron chi connectivity index (χ4n) is 0.947. The minimum absolute atomic E-state index is 0.290. The van der Waals surface area contributed by atoms with E-state index in [4.69, 9.17) is 11.6 Å². The summed E-state index contributed by atoms with van der Waals surface area (Å²) in [6.45, 7) is 2.42. The molecule has 0 amide bonds.